The predicted molar refractivity (Wildman–Crippen MR) is 165 cm³/mol. The van der Waals surface area contributed by atoms with E-state index in [1.165, 1.54) is 37.4 Å². The van der Waals surface area contributed by atoms with Gasteiger partial charge in [-0.1, -0.05) is 18.2 Å². The number of ether oxygens (including phenoxy) is 3. The van der Waals surface area contributed by atoms with Gasteiger partial charge in [0.25, 0.3) is 11.6 Å². The van der Waals surface area contributed by atoms with Crippen LogP contribution in [0.15, 0.2) is 79.1 Å². The molecule has 1 heterocycles. The number of rotatable bonds is 12. The molecule has 0 aliphatic carbocycles. The number of carbonyl (C=O) groups excluding carboxylic acids is 3. The number of hydrogen-bond donors (Lipinski definition) is 3. The van der Waals surface area contributed by atoms with Crippen LogP contribution in [-0.4, -0.2) is 41.7 Å². The number of fused-ring (bicyclic) bond motifs is 1. The number of hydrogen-bond acceptors (Lipinski definition) is 8. The normalized spacial score (nSPS) is 12.6. The predicted octanol–water partition coefficient (Wildman–Crippen LogP) is 6.07. The average Bonchev–Trinajstić information content (AvgIpc) is 2.99. The van der Waals surface area contributed by atoms with Crippen LogP contribution < -0.4 is 25.4 Å². The summed E-state index contributed by atoms with van der Waals surface area (Å²) in [6.45, 7) is 6.56. The topological polar surface area (TPSA) is 128 Å². The van der Waals surface area contributed by atoms with Gasteiger partial charge in [0, 0.05) is 48.2 Å². The standard InChI is InChI=1S/C33H33F3N4O6/c1-5-44-29-17-25(10-12-28(29)45-20(2)3)32(46-31(43)33(34,35)36,40-27-11-9-24-19-37-14-13-23(24)16-27)30(42)38-18-22-7-6-8-26(15-22)39-21(4)41/h6-17,19-20,40H,5,18H2,1-4H3,(H,38,42)(H,39,41). The van der Waals surface area contributed by atoms with E-state index in [4.69, 9.17) is 14.2 Å². The first-order valence-corrected chi connectivity index (χ1v) is 14.3. The van der Waals surface area contributed by atoms with Crippen LogP contribution in [0.2, 0.25) is 0 Å². The van der Waals surface area contributed by atoms with Gasteiger partial charge in [-0.05, 0) is 80.3 Å². The molecule has 1 aromatic heterocycles. The number of amides is 2. The van der Waals surface area contributed by atoms with Crippen LogP contribution in [0.4, 0.5) is 24.5 Å². The number of nitrogens with zero attached hydrogens (tertiary/aromatic N) is 1. The molecule has 4 aromatic rings. The van der Waals surface area contributed by atoms with E-state index in [1.807, 2.05) is 0 Å². The summed E-state index contributed by atoms with van der Waals surface area (Å²) in [5.41, 5.74) is -1.82. The Morgan fingerprint density at radius 2 is 1.70 bits per heavy atom. The summed E-state index contributed by atoms with van der Waals surface area (Å²) in [4.78, 5) is 42.3. The zero-order valence-electron chi connectivity index (χ0n) is 25.5. The number of carbonyl (C=O) groups is 3. The van der Waals surface area contributed by atoms with Crippen molar-refractivity contribution in [2.24, 2.45) is 0 Å². The minimum atomic E-state index is -5.45. The molecule has 2 amide bonds. The van der Waals surface area contributed by atoms with Crippen LogP contribution in [0.3, 0.4) is 0 Å². The SMILES string of the molecule is CCOc1cc(C(Nc2ccc3cnccc3c2)(OC(=O)C(F)(F)F)C(=O)NCc2cccc(NC(C)=O)c2)ccc1OC(C)C. The van der Waals surface area contributed by atoms with Gasteiger partial charge in [-0.3, -0.25) is 14.6 Å². The van der Waals surface area contributed by atoms with Crippen molar-refractivity contribution < 1.29 is 41.8 Å². The summed E-state index contributed by atoms with van der Waals surface area (Å²) in [5.74, 6) is -3.66. The molecular formula is C33H33F3N4O6. The molecule has 0 bridgehead atoms. The molecule has 242 valence electrons. The van der Waals surface area contributed by atoms with Gasteiger partial charge >= 0.3 is 12.1 Å². The zero-order valence-corrected chi connectivity index (χ0v) is 25.5. The highest BCUT2D eigenvalue weighted by atomic mass is 19.4. The van der Waals surface area contributed by atoms with E-state index in [1.54, 1.807) is 69.4 Å². The molecule has 0 radical (unpaired) electrons. The van der Waals surface area contributed by atoms with Gasteiger partial charge in [-0.2, -0.15) is 13.2 Å². The molecule has 0 saturated carbocycles. The third-order valence-electron chi connectivity index (χ3n) is 6.47. The number of aromatic nitrogens is 1. The highest BCUT2D eigenvalue weighted by Gasteiger charge is 2.52. The molecule has 13 heteroatoms. The van der Waals surface area contributed by atoms with E-state index in [0.29, 0.717) is 16.6 Å². The number of esters is 1. The Labute approximate surface area is 263 Å². The molecule has 3 N–H and O–H groups in total. The number of halogens is 3. The van der Waals surface area contributed by atoms with Crippen molar-refractivity contribution in [2.45, 2.75) is 52.2 Å². The number of nitrogens with one attached hydrogen (secondary N) is 3. The largest absolute Gasteiger partial charge is 0.491 e. The van der Waals surface area contributed by atoms with Gasteiger partial charge in [-0.15, -0.1) is 0 Å². The second kappa shape index (κ2) is 14.2. The van der Waals surface area contributed by atoms with Crippen LogP contribution in [0.25, 0.3) is 10.8 Å². The second-order valence-electron chi connectivity index (χ2n) is 10.5. The Kier molecular flexibility index (Phi) is 10.3. The van der Waals surface area contributed by atoms with Crippen molar-refractivity contribution >= 4 is 39.9 Å². The molecule has 1 unspecified atom stereocenters. The maximum Gasteiger partial charge on any atom is 0.491 e. The van der Waals surface area contributed by atoms with Gasteiger partial charge < -0.3 is 30.2 Å². The lowest BCUT2D eigenvalue weighted by Gasteiger charge is -2.34. The summed E-state index contributed by atoms with van der Waals surface area (Å²) in [6.07, 6.45) is -2.59. The number of pyridine rings is 1. The highest BCUT2D eigenvalue weighted by Crippen LogP contribution is 2.38. The lowest BCUT2D eigenvalue weighted by Crippen LogP contribution is -2.54. The van der Waals surface area contributed by atoms with E-state index in [0.717, 1.165) is 5.39 Å². The van der Waals surface area contributed by atoms with Crippen LogP contribution >= 0.6 is 0 Å². The molecule has 0 aliphatic rings. The molecule has 4 rings (SSSR count). The molecule has 46 heavy (non-hydrogen) atoms. The number of anilines is 2. The summed E-state index contributed by atoms with van der Waals surface area (Å²) >= 11 is 0. The monoisotopic (exact) mass is 638 g/mol. The molecule has 0 saturated heterocycles. The smallest absolute Gasteiger partial charge is 0.490 e. The molecule has 0 aliphatic heterocycles. The first kappa shape index (κ1) is 33.6. The number of benzene rings is 3. The summed E-state index contributed by atoms with van der Waals surface area (Å²) in [6, 6.07) is 17.0. The van der Waals surface area contributed by atoms with Crippen molar-refractivity contribution in [3.63, 3.8) is 0 Å². The lowest BCUT2D eigenvalue weighted by molar-refractivity contribution is -0.213. The minimum absolute atomic E-state index is 0.114. The van der Waals surface area contributed by atoms with Crippen LogP contribution in [0.1, 0.15) is 38.8 Å². The summed E-state index contributed by atoms with van der Waals surface area (Å²) < 4.78 is 58.0. The van der Waals surface area contributed by atoms with Crippen molar-refractivity contribution in [2.75, 3.05) is 17.2 Å². The molecule has 3 aromatic carbocycles. The zero-order chi connectivity index (χ0) is 33.5. The van der Waals surface area contributed by atoms with Gasteiger partial charge in [0.2, 0.25) is 5.91 Å². The van der Waals surface area contributed by atoms with E-state index in [-0.39, 0.29) is 47.9 Å². The first-order valence-electron chi connectivity index (χ1n) is 14.3. The third kappa shape index (κ3) is 8.23. The molecular weight excluding hydrogens is 605 g/mol. The average molecular weight is 639 g/mol. The molecule has 0 fully saturated rings. The fourth-order valence-corrected chi connectivity index (χ4v) is 4.57. The van der Waals surface area contributed by atoms with Crippen LogP contribution in [-0.2, 0) is 31.4 Å². The fourth-order valence-electron chi connectivity index (χ4n) is 4.57. The van der Waals surface area contributed by atoms with Gasteiger partial charge in [-0.25, -0.2) is 4.79 Å². The van der Waals surface area contributed by atoms with E-state index in [2.05, 4.69) is 20.9 Å². The van der Waals surface area contributed by atoms with Crippen molar-refractivity contribution in [3.05, 3.63) is 90.3 Å². The second-order valence-corrected chi connectivity index (χ2v) is 10.5. The first-order chi connectivity index (χ1) is 21.8. The van der Waals surface area contributed by atoms with Crippen molar-refractivity contribution in [3.8, 4) is 11.5 Å². The Morgan fingerprint density at radius 1 is 0.913 bits per heavy atom. The molecule has 10 nitrogen and oxygen atoms in total. The third-order valence-corrected chi connectivity index (χ3v) is 6.47. The number of alkyl halides is 3. The van der Waals surface area contributed by atoms with Gasteiger partial charge in [0.1, 0.15) is 0 Å². The summed E-state index contributed by atoms with van der Waals surface area (Å²) in [7, 11) is 0. The van der Waals surface area contributed by atoms with E-state index < -0.39 is 23.8 Å². The quantitative estimate of drug-likeness (QED) is 0.126. The van der Waals surface area contributed by atoms with E-state index in [9.17, 15) is 27.6 Å². The maximum atomic E-state index is 14.2. The summed E-state index contributed by atoms with van der Waals surface area (Å²) in [5, 5.41) is 9.38. The van der Waals surface area contributed by atoms with Crippen LogP contribution in [0, 0.1) is 0 Å². The van der Waals surface area contributed by atoms with Gasteiger partial charge in [0.05, 0.1) is 12.7 Å². The Morgan fingerprint density at radius 3 is 2.39 bits per heavy atom. The van der Waals surface area contributed by atoms with Crippen molar-refractivity contribution in [1.29, 1.82) is 0 Å². The fraction of sp³-hybridized carbons (Fsp3) is 0.273. The van der Waals surface area contributed by atoms with Gasteiger partial charge in [0.15, 0.2) is 11.5 Å². The Balaban J connectivity index is 1.86. The minimum Gasteiger partial charge on any atom is -0.490 e. The van der Waals surface area contributed by atoms with E-state index >= 15 is 0 Å². The Bertz CT molecular complexity index is 1730. The van der Waals surface area contributed by atoms with Crippen molar-refractivity contribution in [1.82, 2.24) is 10.3 Å². The molecule has 1 atom stereocenters. The maximum absolute atomic E-state index is 14.2. The van der Waals surface area contributed by atoms with Crippen LogP contribution in [0.5, 0.6) is 11.5 Å². The highest BCUT2D eigenvalue weighted by molar-refractivity contribution is 5.94. The lowest BCUT2D eigenvalue weighted by atomic mass is 9.99. The Hall–Kier alpha value is -5.33. The molecule has 0 spiro atoms.